The van der Waals surface area contributed by atoms with Crippen LogP contribution in [0, 0.1) is 11.3 Å². The number of carboxylic acids is 1. The van der Waals surface area contributed by atoms with E-state index in [0.717, 1.165) is 5.56 Å². The molecule has 0 radical (unpaired) electrons. The van der Waals surface area contributed by atoms with E-state index in [1.807, 2.05) is 13.0 Å². The Bertz CT molecular complexity index is 432. The number of aromatic carboxylic acids is 1. The summed E-state index contributed by atoms with van der Waals surface area (Å²) in [6.45, 7) is 1.88. The maximum atomic E-state index is 10.8. The quantitative estimate of drug-likeness (QED) is 0.817. The number of nitriles is 1. The van der Waals surface area contributed by atoms with E-state index < -0.39 is 5.97 Å². The Morgan fingerprint density at radius 2 is 2.27 bits per heavy atom. The molecule has 0 aromatic heterocycles. The van der Waals surface area contributed by atoms with E-state index in [-0.39, 0.29) is 11.1 Å². The molecule has 0 bridgehead atoms. The summed E-state index contributed by atoms with van der Waals surface area (Å²) in [7, 11) is 1.47. The molecule has 1 rings (SSSR count). The standard InChI is InChI=1S/C11H11NO3/c1-3-7-4-8(11(13)14)5-9(6-12)10(7)15-2/h4-5H,3H2,1-2H3,(H,13,14). The summed E-state index contributed by atoms with van der Waals surface area (Å²) >= 11 is 0. The van der Waals surface area contributed by atoms with Gasteiger partial charge in [-0.15, -0.1) is 0 Å². The van der Waals surface area contributed by atoms with Crippen molar-refractivity contribution >= 4 is 5.97 Å². The highest BCUT2D eigenvalue weighted by Crippen LogP contribution is 2.25. The van der Waals surface area contributed by atoms with Crippen molar-refractivity contribution in [2.45, 2.75) is 13.3 Å². The van der Waals surface area contributed by atoms with Crippen molar-refractivity contribution in [3.05, 3.63) is 28.8 Å². The van der Waals surface area contributed by atoms with Crippen LogP contribution in [0.25, 0.3) is 0 Å². The maximum Gasteiger partial charge on any atom is 0.335 e. The summed E-state index contributed by atoms with van der Waals surface area (Å²) in [5.74, 6) is -0.575. The Morgan fingerprint density at radius 1 is 1.60 bits per heavy atom. The Morgan fingerprint density at radius 3 is 2.67 bits per heavy atom. The molecule has 0 aliphatic carbocycles. The molecule has 4 heteroatoms. The fraction of sp³-hybridized carbons (Fsp3) is 0.273. The Hall–Kier alpha value is -2.02. The first-order chi connectivity index (χ1) is 7.13. The van der Waals surface area contributed by atoms with Gasteiger partial charge in [0.15, 0.2) is 0 Å². The zero-order valence-corrected chi connectivity index (χ0v) is 8.57. The normalized spacial score (nSPS) is 9.40. The Labute approximate surface area is 87.7 Å². The zero-order valence-electron chi connectivity index (χ0n) is 8.57. The van der Waals surface area contributed by atoms with Crippen LogP contribution in [0.4, 0.5) is 0 Å². The molecule has 0 atom stereocenters. The van der Waals surface area contributed by atoms with Crippen LogP contribution in [0.3, 0.4) is 0 Å². The molecule has 1 aromatic rings. The summed E-state index contributed by atoms with van der Waals surface area (Å²) < 4.78 is 5.08. The number of benzene rings is 1. The van der Waals surface area contributed by atoms with Crippen molar-refractivity contribution in [1.29, 1.82) is 5.26 Å². The average molecular weight is 205 g/mol. The average Bonchev–Trinajstić information content (AvgIpc) is 2.26. The van der Waals surface area contributed by atoms with Crippen molar-refractivity contribution in [3.8, 4) is 11.8 Å². The lowest BCUT2D eigenvalue weighted by Crippen LogP contribution is -2.02. The SMILES string of the molecule is CCc1cc(C(=O)O)cc(C#N)c1OC. The molecule has 1 N–H and O–H groups in total. The molecular formula is C11H11NO3. The van der Waals surface area contributed by atoms with Crippen LogP contribution < -0.4 is 4.74 Å². The molecule has 0 unspecified atom stereocenters. The van der Waals surface area contributed by atoms with E-state index in [1.54, 1.807) is 0 Å². The third-order valence-electron chi connectivity index (χ3n) is 2.12. The van der Waals surface area contributed by atoms with Gasteiger partial charge >= 0.3 is 5.97 Å². The second kappa shape index (κ2) is 4.47. The maximum absolute atomic E-state index is 10.8. The number of ether oxygens (including phenoxy) is 1. The van der Waals surface area contributed by atoms with Crippen molar-refractivity contribution in [2.24, 2.45) is 0 Å². The van der Waals surface area contributed by atoms with Crippen LogP contribution in [0.2, 0.25) is 0 Å². The van der Waals surface area contributed by atoms with E-state index in [1.165, 1.54) is 19.2 Å². The summed E-state index contributed by atoms with van der Waals surface area (Å²) in [6, 6.07) is 4.78. The van der Waals surface area contributed by atoms with Crippen LogP contribution in [-0.2, 0) is 6.42 Å². The lowest BCUT2D eigenvalue weighted by molar-refractivity contribution is 0.0696. The van der Waals surface area contributed by atoms with Crippen LogP contribution in [0.15, 0.2) is 12.1 Å². The Kier molecular flexibility index (Phi) is 3.29. The molecule has 0 fully saturated rings. The largest absolute Gasteiger partial charge is 0.495 e. The molecule has 1 aromatic carbocycles. The molecular weight excluding hydrogens is 194 g/mol. The first kappa shape index (κ1) is 11.1. The topological polar surface area (TPSA) is 70.3 Å². The van der Waals surface area contributed by atoms with Crippen molar-refractivity contribution in [3.63, 3.8) is 0 Å². The second-order valence-corrected chi connectivity index (χ2v) is 2.99. The highest BCUT2D eigenvalue weighted by Gasteiger charge is 2.13. The van der Waals surface area contributed by atoms with E-state index in [2.05, 4.69) is 0 Å². The number of methoxy groups -OCH3 is 1. The van der Waals surface area contributed by atoms with Crippen molar-refractivity contribution in [1.82, 2.24) is 0 Å². The molecule has 0 aliphatic rings. The van der Waals surface area contributed by atoms with Gasteiger partial charge in [-0.2, -0.15) is 5.26 Å². The van der Waals surface area contributed by atoms with Gasteiger partial charge in [-0.25, -0.2) is 4.79 Å². The van der Waals surface area contributed by atoms with Crippen LogP contribution in [-0.4, -0.2) is 18.2 Å². The zero-order chi connectivity index (χ0) is 11.4. The highest BCUT2D eigenvalue weighted by atomic mass is 16.5. The third kappa shape index (κ3) is 2.08. The number of hydrogen-bond acceptors (Lipinski definition) is 3. The fourth-order valence-electron chi connectivity index (χ4n) is 1.40. The van der Waals surface area contributed by atoms with Crippen molar-refractivity contribution in [2.75, 3.05) is 7.11 Å². The second-order valence-electron chi connectivity index (χ2n) is 2.99. The molecule has 0 saturated carbocycles. The van der Waals surface area contributed by atoms with Gasteiger partial charge in [0.25, 0.3) is 0 Å². The number of aryl methyl sites for hydroxylation is 1. The van der Waals surface area contributed by atoms with Crippen LogP contribution >= 0.6 is 0 Å². The first-order valence-electron chi connectivity index (χ1n) is 4.48. The minimum atomic E-state index is -1.04. The summed E-state index contributed by atoms with van der Waals surface area (Å²) in [5.41, 5.74) is 1.10. The van der Waals surface area contributed by atoms with Gasteiger partial charge < -0.3 is 9.84 Å². The molecule has 4 nitrogen and oxygen atoms in total. The lowest BCUT2D eigenvalue weighted by atomic mass is 10.0. The predicted molar refractivity (Wildman–Crippen MR) is 54.0 cm³/mol. The summed E-state index contributed by atoms with van der Waals surface area (Å²) in [5, 5.41) is 17.7. The molecule has 0 spiro atoms. The predicted octanol–water partition coefficient (Wildman–Crippen LogP) is 1.83. The van der Waals surface area contributed by atoms with Crippen LogP contribution in [0.1, 0.15) is 28.4 Å². The molecule has 0 heterocycles. The molecule has 0 amide bonds. The highest BCUT2D eigenvalue weighted by molar-refractivity contribution is 5.89. The van der Waals surface area contributed by atoms with Gasteiger partial charge in [0, 0.05) is 0 Å². The van der Waals surface area contributed by atoms with Gasteiger partial charge in [0.05, 0.1) is 18.2 Å². The monoisotopic (exact) mass is 205 g/mol. The van der Waals surface area contributed by atoms with Gasteiger partial charge in [-0.3, -0.25) is 0 Å². The van der Waals surface area contributed by atoms with E-state index >= 15 is 0 Å². The lowest BCUT2D eigenvalue weighted by Gasteiger charge is -2.09. The van der Waals surface area contributed by atoms with E-state index in [4.69, 9.17) is 15.1 Å². The number of carboxylic acid groups (broad SMARTS) is 1. The van der Waals surface area contributed by atoms with Gasteiger partial charge in [-0.1, -0.05) is 6.92 Å². The molecule has 78 valence electrons. The number of hydrogen-bond donors (Lipinski definition) is 1. The molecule has 0 aliphatic heterocycles. The number of rotatable bonds is 3. The minimum Gasteiger partial charge on any atom is -0.495 e. The summed E-state index contributed by atoms with van der Waals surface area (Å²) in [4.78, 5) is 10.8. The first-order valence-corrected chi connectivity index (χ1v) is 4.48. The Balaban J connectivity index is 3.44. The van der Waals surface area contributed by atoms with E-state index in [9.17, 15) is 4.79 Å². The molecule has 0 saturated heterocycles. The number of carbonyl (C=O) groups is 1. The van der Waals surface area contributed by atoms with Crippen molar-refractivity contribution < 1.29 is 14.6 Å². The van der Waals surface area contributed by atoms with Gasteiger partial charge in [0.2, 0.25) is 0 Å². The minimum absolute atomic E-state index is 0.115. The summed E-state index contributed by atoms with van der Waals surface area (Å²) in [6.07, 6.45) is 0.624. The third-order valence-corrected chi connectivity index (χ3v) is 2.12. The fourth-order valence-corrected chi connectivity index (χ4v) is 1.40. The molecule has 15 heavy (non-hydrogen) atoms. The number of nitrogens with zero attached hydrogens (tertiary/aromatic N) is 1. The van der Waals surface area contributed by atoms with Gasteiger partial charge in [0.1, 0.15) is 11.8 Å². The van der Waals surface area contributed by atoms with E-state index in [0.29, 0.717) is 12.2 Å². The van der Waals surface area contributed by atoms with Gasteiger partial charge in [-0.05, 0) is 24.1 Å². The smallest absolute Gasteiger partial charge is 0.335 e. The van der Waals surface area contributed by atoms with Crippen LogP contribution in [0.5, 0.6) is 5.75 Å².